The maximum absolute atomic E-state index is 11.5. The minimum Gasteiger partial charge on any atom is -0.479 e. The summed E-state index contributed by atoms with van der Waals surface area (Å²) in [6.07, 6.45) is 3.52. The average Bonchev–Trinajstić information content (AvgIpc) is 2.84. The van der Waals surface area contributed by atoms with Crippen molar-refractivity contribution in [3.05, 3.63) is 18.1 Å². The Morgan fingerprint density at radius 3 is 2.83 bits per heavy atom. The van der Waals surface area contributed by atoms with Gasteiger partial charge in [-0.25, -0.2) is 9.48 Å². The number of furan rings is 1. The van der Waals surface area contributed by atoms with E-state index in [9.17, 15) is 9.90 Å². The van der Waals surface area contributed by atoms with Crippen molar-refractivity contribution < 1.29 is 14.3 Å². The quantitative estimate of drug-likeness (QED) is 0.877. The molecule has 3 rings (SSSR count). The van der Waals surface area contributed by atoms with Gasteiger partial charge in [-0.3, -0.25) is 0 Å². The van der Waals surface area contributed by atoms with Crippen LogP contribution in [0.15, 0.2) is 16.7 Å². The van der Waals surface area contributed by atoms with Crippen LogP contribution >= 0.6 is 0 Å². The Kier molecular flexibility index (Phi) is 2.22. The van der Waals surface area contributed by atoms with Crippen LogP contribution in [0.1, 0.15) is 25.0 Å². The number of carbonyl (C=O) groups is 1. The van der Waals surface area contributed by atoms with E-state index in [2.05, 4.69) is 15.5 Å². The van der Waals surface area contributed by atoms with Crippen molar-refractivity contribution in [2.45, 2.75) is 31.7 Å². The highest BCUT2D eigenvalue weighted by Crippen LogP contribution is 2.41. The highest BCUT2D eigenvalue weighted by atomic mass is 16.4. The molecule has 0 spiro atoms. The van der Waals surface area contributed by atoms with E-state index < -0.39 is 11.5 Å². The van der Waals surface area contributed by atoms with Crippen molar-refractivity contribution in [1.29, 1.82) is 0 Å². The number of hydrogen-bond donors (Lipinski definition) is 1. The highest BCUT2D eigenvalue weighted by Gasteiger charge is 2.49. The van der Waals surface area contributed by atoms with Crippen LogP contribution in [0.5, 0.6) is 0 Å². The molecule has 0 amide bonds. The number of nitrogens with zero attached hydrogens (tertiary/aromatic N) is 4. The van der Waals surface area contributed by atoms with Gasteiger partial charge in [-0.2, -0.15) is 0 Å². The van der Waals surface area contributed by atoms with Gasteiger partial charge in [-0.15, -0.1) is 5.10 Å². The van der Waals surface area contributed by atoms with Gasteiger partial charge >= 0.3 is 5.97 Å². The van der Waals surface area contributed by atoms with Crippen LogP contribution in [0.3, 0.4) is 0 Å². The fourth-order valence-corrected chi connectivity index (χ4v) is 2.29. The zero-order valence-corrected chi connectivity index (χ0v) is 9.83. The Bertz CT molecular complexity index is 597. The van der Waals surface area contributed by atoms with Crippen LogP contribution in [-0.4, -0.2) is 31.3 Å². The normalized spacial score (nSPS) is 17.4. The molecule has 2 heterocycles. The summed E-state index contributed by atoms with van der Waals surface area (Å²) in [5.74, 6) is 0.234. The minimum absolute atomic E-state index is 0.448. The Hall–Kier alpha value is -2.18. The van der Waals surface area contributed by atoms with Gasteiger partial charge in [0.1, 0.15) is 5.76 Å². The number of aliphatic carboxylic acids is 1. The third-order valence-electron chi connectivity index (χ3n) is 3.55. The summed E-state index contributed by atoms with van der Waals surface area (Å²) in [4.78, 5) is 11.5. The van der Waals surface area contributed by atoms with Gasteiger partial charge in [-0.1, -0.05) is 0 Å². The molecule has 0 atom stereocenters. The monoisotopic (exact) mass is 248 g/mol. The highest BCUT2D eigenvalue weighted by molar-refractivity contribution is 5.78. The first-order chi connectivity index (χ1) is 8.65. The summed E-state index contributed by atoms with van der Waals surface area (Å²) in [5.41, 5.74) is -0.268. The molecule has 1 saturated carbocycles. The van der Waals surface area contributed by atoms with Gasteiger partial charge < -0.3 is 9.52 Å². The molecular weight excluding hydrogens is 236 g/mol. The average molecular weight is 248 g/mol. The van der Waals surface area contributed by atoms with Crippen LogP contribution < -0.4 is 0 Å². The van der Waals surface area contributed by atoms with Crippen LogP contribution in [0.2, 0.25) is 0 Å². The van der Waals surface area contributed by atoms with Gasteiger partial charge in [0.25, 0.3) is 0 Å². The summed E-state index contributed by atoms with van der Waals surface area (Å²) in [6, 6.07) is 1.74. The minimum atomic E-state index is -0.997. The van der Waals surface area contributed by atoms with E-state index in [1.54, 1.807) is 13.0 Å². The van der Waals surface area contributed by atoms with Crippen LogP contribution in [0, 0.1) is 6.92 Å². The summed E-state index contributed by atoms with van der Waals surface area (Å²) in [6.45, 7) is 1.79. The van der Waals surface area contributed by atoms with E-state index in [1.165, 1.54) is 10.9 Å². The largest absolute Gasteiger partial charge is 0.479 e. The fourth-order valence-electron chi connectivity index (χ4n) is 2.29. The molecular formula is C11H12N4O3. The van der Waals surface area contributed by atoms with E-state index in [-0.39, 0.29) is 0 Å². The summed E-state index contributed by atoms with van der Waals surface area (Å²) >= 11 is 0. The molecule has 1 fully saturated rings. The molecule has 18 heavy (non-hydrogen) atoms. The molecule has 0 saturated heterocycles. The standard InChI is InChI=1S/C11H12N4O3/c1-7-8(3-6-18-7)9-12-13-14-15(9)11(10(16)17)4-2-5-11/h3,6H,2,4-5H2,1H3,(H,16,17). The first-order valence-corrected chi connectivity index (χ1v) is 5.72. The Morgan fingerprint density at radius 2 is 2.33 bits per heavy atom. The molecule has 0 aromatic carbocycles. The molecule has 7 nitrogen and oxygen atoms in total. The molecule has 1 aliphatic rings. The molecule has 0 radical (unpaired) electrons. The van der Waals surface area contributed by atoms with Crippen molar-refractivity contribution in [3.8, 4) is 11.4 Å². The van der Waals surface area contributed by atoms with Crippen molar-refractivity contribution in [3.63, 3.8) is 0 Å². The van der Waals surface area contributed by atoms with Crippen LogP contribution in [0.25, 0.3) is 11.4 Å². The topological polar surface area (TPSA) is 94.0 Å². The maximum Gasteiger partial charge on any atom is 0.331 e. The third-order valence-corrected chi connectivity index (χ3v) is 3.55. The smallest absolute Gasteiger partial charge is 0.331 e. The molecule has 1 aliphatic carbocycles. The summed E-state index contributed by atoms with van der Waals surface area (Å²) in [5, 5.41) is 20.8. The third kappa shape index (κ3) is 1.30. The first kappa shape index (κ1) is 10.9. The second-order valence-corrected chi connectivity index (χ2v) is 4.50. The molecule has 2 aromatic heterocycles. The van der Waals surface area contributed by atoms with Gasteiger partial charge in [-0.05, 0) is 42.7 Å². The van der Waals surface area contributed by atoms with E-state index in [1.807, 2.05) is 0 Å². The summed E-state index contributed by atoms with van der Waals surface area (Å²) < 4.78 is 6.63. The van der Waals surface area contributed by atoms with Crippen molar-refractivity contribution in [1.82, 2.24) is 20.2 Å². The predicted octanol–water partition coefficient (Wildman–Crippen LogP) is 1.21. The lowest BCUT2D eigenvalue weighted by Crippen LogP contribution is -2.48. The van der Waals surface area contributed by atoms with Crippen molar-refractivity contribution in [2.75, 3.05) is 0 Å². The molecule has 1 N–H and O–H groups in total. The van der Waals surface area contributed by atoms with E-state index in [4.69, 9.17) is 4.42 Å². The van der Waals surface area contributed by atoms with E-state index >= 15 is 0 Å². The van der Waals surface area contributed by atoms with Crippen molar-refractivity contribution >= 4 is 5.97 Å². The Balaban J connectivity index is 2.13. The first-order valence-electron chi connectivity index (χ1n) is 5.72. The van der Waals surface area contributed by atoms with E-state index in [0.717, 1.165) is 12.0 Å². The predicted molar refractivity (Wildman–Crippen MR) is 59.7 cm³/mol. The number of rotatable bonds is 3. The maximum atomic E-state index is 11.5. The molecule has 0 bridgehead atoms. The lowest BCUT2D eigenvalue weighted by Gasteiger charge is -2.37. The summed E-state index contributed by atoms with van der Waals surface area (Å²) in [7, 11) is 0. The van der Waals surface area contributed by atoms with E-state index in [0.29, 0.717) is 24.4 Å². The van der Waals surface area contributed by atoms with Gasteiger partial charge in [0, 0.05) is 0 Å². The number of aryl methyl sites for hydroxylation is 1. The van der Waals surface area contributed by atoms with Crippen molar-refractivity contribution in [2.24, 2.45) is 0 Å². The van der Waals surface area contributed by atoms with Gasteiger partial charge in [0.15, 0.2) is 11.4 Å². The number of tetrazole rings is 1. The number of aromatic nitrogens is 4. The van der Waals surface area contributed by atoms with Crippen LogP contribution in [0.4, 0.5) is 0 Å². The zero-order valence-electron chi connectivity index (χ0n) is 9.83. The Morgan fingerprint density at radius 1 is 1.56 bits per heavy atom. The van der Waals surface area contributed by atoms with Crippen LogP contribution in [-0.2, 0) is 10.3 Å². The second kappa shape index (κ2) is 3.66. The Labute approximate surface area is 102 Å². The molecule has 2 aromatic rings. The molecule has 0 aliphatic heterocycles. The molecule has 94 valence electrons. The molecule has 7 heteroatoms. The number of hydrogen-bond acceptors (Lipinski definition) is 5. The fraction of sp³-hybridized carbons (Fsp3) is 0.455. The lowest BCUT2D eigenvalue weighted by atomic mass is 9.76. The zero-order chi connectivity index (χ0) is 12.8. The van der Waals surface area contributed by atoms with Gasteiger partial charge in [0.05, 0.1) is 11.8 Å². The molecule has 0 unspecified atom stereocenters. The SMILES string of the molecule is Cc1occc1-c1nnnn1C1(C(=O)O)CCC1. The lowest BCUT2D eigenvalue weighted by molar-refractivity contribution is -0.153. The number of carboxylic acid groups (broad SMARTS) is 1. The number of carboxylic acids is 1. The second-order valence-electron chi connectivity index (χ2n) is 4.50. The van der Waals surface area contributed by atoms with Gasteiger partial charge in [0.2, 0.25) is 0 Å².